The normalized spacial score (nSPS) is 11.6. The van der Waals surface area contributed by atoms with Gasteiger partial charge in [0.1, 0.15) is 0 Å². The number of alkyl carbamates (subject to hydrolysis) is 1. The first kappa shape index (κ1) is 21.5. The standard InChI is InChI=1S/C16H17BrF3N3O3S/c1-2-6-23-13(24)11-8-10(17)3-4-12(11)22-14(23)27-7-5-21-15(25)26-9-16(18,19)20/h3-4,8H,2,5-7,9H2,1H3,(H,21,25). The first-order chi connectivity index (χ1) is 12.7. The molecule has 27 heavy (non-hydrogen) atoms. The molecule has 1 aromatic carbocycles. The molecule has 0 saturated carbocycles. The monoisotopic (exact) mass is 467 g/mol. The predicted molar refractivity (Wildman–Crippen MR) is 100 cm³/mol. The van der Waals surface area contributed by atoms with Crippen LogP contribution in [0.15, 0.2) is 32.6 Å². The Morgan fingerprint density at radius 2 is 2.15 bits per heavy atom. The van der Waals surface area contributed by atoms with Gasteiger partial charge in [-0.3, -0.25) is 9.36 Å². The molecule has 0 radical (unpaired) electrons. The number of carbonyl (C=O) groups is 1. The zero-order valence-electron chi connectivity index (χ0n) is 14.3. The summed E-state index contributed by atoms with van der Waals surface area (Å²) in [6.45, 7) is 0.855. The summed E-state index contributed by atoms with van der Waals surface area (Å²) in [4.78, 5) is 28.4. The van der Waals surface area contributed by atoms with E-state index in [-0.39, 0.29) is 12.1 Å². The first-order valence-electron chi connectivity index (χ1n) is 8.01. The lowest BCUT2D eigenvalue weighted by Crippen LogP contribution is -2.30. The van der Waals surface area contributed by atoms with E-state index in [1.54, 1.807) is 22.8 Å². The highest BCUT2D eigenvalue weighted by molar-refractivity contribution is 9.10. The lowest BCUT2D eigenvalue weighted by atomic mass is 10.2. The predicted octanol–water partition coefficient (Wildman–Crippen LogP) is 3.95. The number of benzene rings is 1. The fourth-order valence-corrected chi connectivity index (χ4v) is 3.44. The number of nitrogens with one attached hydrogen (secondary N) is 1. The van der Waals surface area contributed by atoms with Crippen LogP contribution >= 0.6 is 27.7 Å². The van der Waals surface area contributed by atoms with Gasteiger partial charge in [-0.1, -0.05) is 34.6 Å². The average Bonchev–Trinajstić information content (AvgIpc) is 2.60. The number of hydrogen-bond donors (Lipinski definition) is 1. The van der Waals surface area contributed by atoms with Gasteiger partial charge in [-0.2, -0.15) is 13.2 Å². The lowest BCUT2D eigenvalue weighted by molar-refractivity contribution is -0.160. The van der Waals surface area contributed by atoms with Gasteiger partial charge in [-0.15, -0.1) is 0 Å². The van der Waals surface area contributed by atoms with E-state index < -0.39 is 18.9 Å². The van der Waals surface area contributed by atoms with Crippen molar-refractivity contribution < 1.29 is 22.7 Å². The van der Waals surface area contributed by atoms with Crippen LogP contribution in [-0.2, 0) is 11.3 Å². The van der Waals surface area contributed by atoms with Crippen LogP contribution in [0.2, 0.25) is 0 Å². The summed E-state index contributed by atoms with van der Waals surface area (Å²) in [5.74, 6) is 0.319. The lowest BCUT2D eigenvalue weighted by Gasteiger charge is -2.13. The molecular formula is C16H17BrF3N3O3S. The van der Waals surface area contributed by atoms with Crippen molar-refractivity contribution in [2.45, 2.75) is 31.2 Å². The zero-order valence-corrected chi connectivity index (χ0v) is 16.7. The number of nitrogens with zero attached hydrogens (tertiary/aromatic N) is 2. The molecule has 148 valence electrons. The molecule has 0 bridgehead atoms. The van der Waals surface area contributed by atoms with E-state index in [0.29, 0.717) is 28.4 Å². The molecule has 0 saturated heterocycles. The Morgan fingerprint density at radius 1 is 1.41 bits per heavy atom. The van der Waals surface area contributed by atoms with Crippen molar-refractivity contribution in [3.05, 3.63) is 33.0 Å². The highest BCUT2D eigenvalue weighted by atomic mass is 79.9. The van der Waals surface area contributed by atoms with E-state index in [1.165, 1.54) is 11.8 Å². The Kier molecular flexibility index (Phi) is 7.54. The molecule has 0 aliphatic rings. The van der Waals surface area contributed by atoms with Crippen LogP contribution in [0.5, 0.6) is 0 Å². The van der Waals surface area contributed by atoms with Gasteiger partial charge in [0, 0.05) is 23.3 Å². The number of halogens is 4. The van der Waals surface area contributed by atoms with Crippen molar-refractivity contribution in [3.63, 3.8) is 0 Å². The summed E-state index contributed by atoms with van der Waals surface area (Å²) in [6.07, 6.45) is -4.97. The largest absolute Gasteiger partial charge is 0.440 e. The van der Waals surface area contributed by atoms with Crippen LogP contribution < -0.4 is 10.9 Å². The van der Waals surface area contributed by atoms with Crippen molar-refractivity contribution in [1.82, 2.24) is 14.9 Å². The van der Waals surface area contributed by atoms with Crippen LogP contribution in [0, 0.1) is 0 Å². The molecule has 1 heterocycles. The summed E-state index contributed by atoms with van der Waals surface area (Å²) in [6, 6.07) is 5.23. The second kappa shape index (κ2) is 9.45. The number of amides is 1. The Hall–Kier alpha value is -1.75. The number of aromatic nitrogens is 2. The van der Waals surface area contributed by atoms with Gasteiger partial charge in [0.2, 0.25) is 0 Å². The number of fused-ring (bicyclic) bond motifs is 1. The number of carbonyl (C=O) groups excluding carboxylic acids is 1. The maximum atomic E-state index is 12.7. The highest BCUT2D eigenvalue weighted by Crippen LogP contribution is 2.20. The van der Waals surface area contributed by atoms with E-state index in [2.05, 4.69) is 31.0 Å². The van der Waals surface area contributed by atoms with Crippen molar-refractivity contribution in [2.24, 2.45) is 0 Å². The summed E-state index contributed by atoms with van der Waals surface area (Å²) in [5.41, 5.74) is 0.388. The summed E-state index contributed by atoms with van der Waals surface area (Å²) < 4.78 is 42.3. The van der Waals surface area contributed by atoms with Crippen LogP contribution in [0.25, 0.3) is 10.9 Å². The third kappa shape index (κ3) is 6.42. The number of ether oxygens (including phenoxy) is 1. The van der Waals surface area contributed by atoms with Crippen molar-refractivity contribution in [3.8, 4) is 0 Å². The van der Waals surface area contributed by atoms with E-state index in [9.17, 15) is 22.8 Å². The molecule has 6 nitrogen and oxygen atoms in total. The van der Waals surface area contributed by atoms with E-state index >= 15 is 0 Å². The van der Waals surface area contributed by atoms with Crippen molar-refractivity contribution >= 4 is 44.7 Å². The fraction of sp³-hybridized carbons (Fsp3) is 0.438. The molecule has 0 spiro atoms. The molecule has 0 unspecified atom stereocenters. The molecule has 2 aromatic rings. The van der Waals surface area contributed by atoms with Crippen molar-refractivity contribution in [1.29, 1.82) is 0 Å². The quantitative estimate of drug-likeness (QED) is 0.379. The van der Waals surface area contributed by atoms with Crippen LogP contribution in [-0.4, -0.2) is 40.7 Å². The smallest absolute Gasteiger partial charge is 0.422 e. The minimum absolute atomic E-state index is 0.0712. The van der Waals surface area contributed by atoms with E-state index in [1.807, 2.05) is 6.92 Å². The molecule has 11 heteroatoms. The van der Waals surface area contributed by atoms with Gasteiger partial charge in [-0.05, 0) is 24.6 Å². The number of alkyl halides is 3. The molecule has 1 aromatic heterocycles. The Balaban J connectivity index is 2.03. The molecule has 0 aliphatic carbocycles. The molecular weight excluding hydrogens is 451 g/mol. The summed E-state index contributed by atoms with van der Waals surface area (Å²) in [5, 5.41) is 3.22. The maximum absolute atomic E-state index is 12.7. The van der Waals surface area contributed by atoms with Crippen LogP contribution in [0.3, 0.4) is 0 Å². The maximum Gasteiger partial charge on any atom is 0.422 e. The number of rotatable bonds is 7. The minimum Gasteiger partial charge on any atom is -0.440 e. The fourth-order valence-electron chi connectivity index (χ4n) is 2.20. The second-order valence-electron chi connectivity index (χ2n) is 5.48. The van der Waals surface area contributed by atoms with Crippen LogP contribution in [0.1, 0.15) is 13.3 Å². The summed E-state index contributed by atoms with van der Waals surface area (Å²) in [7, 11) is 0. The van der Waals surface area contributed by atoms with Gasteiger partial charge < -0.3 is 10.1 Å². The zero-order chi connectivity index (χ0) is 20.0. The van der Waals surface area contributed by atoms with Gasteiger partial charge in [0.25, 0.3) is 5.56 Å². The Morgan fingerprint density at radius 3 is 2.81 bits per heavy atom. The molecule has 1 N–H and O–H groups in total. The third-order valence-electron chi connectivity index (χ3n) is 3.30. The third-order valence-corrected chi connectivity index (χ3v) is 4.77. The van der Waals surface area contributed by atoms with Gasteiger partial charge in [-0.25, -0.2) is 9.78 Å². The molecule has 0 fully saturated rings. The average molecular weight is 468 g/mol. The molecule has 1 amide bonds. The first-order valence-corrected chi connectivity index (χ1v) is 9.79. The van der Waals surface area contributed by atoms with Gasteiger partial charge in [0.05, 0.1) is 10.9 Å². The SMILES string of the molecule is CCCn1c(SCCNC(=O)OCC(F)(F)F)nc2ccc(Br)cc2c1=O. The molecule has 0 aliphatic heterocycles. The van der Waals surface area contributed by atoms with Crippen LogP contribution in [0.4, 0.5) is 18.0 Å². The minimum atomic E-state index is -4.56. The van der Waals surface area contributed by atoms with Gasteiger partial charge >= 0.3 is 12.3 Å². The molecule has 2 rings (SSSR count). The summed E-state index contributed by atoms with van der Waals surface area (Å²) >= 11 is 4.57. The Labute approximate surface area is 165 Å². The van der Waals surface area contributed by atoms with Crippen molar-refractivity contribution in [2.75, 3.05) is 18.9 Å². The highest BCUT2D eigenvalue weighted by Gasteiger charge is 2.29. The number of thioether (sulfide) groups is 1. The van der Waals surface area contributed by atoms with E-state index in [0.717, 1.165) is 10.9 Å². The second-order valence-corrected chi connectivity index (χ2v) is 7.46. The number of hydrogen-bond acceptors (Lipinski definition) is 5. The Bertz CT molecular complexity index is 874. The van der Waals surface area contributed by atoms with Gasteiger partial charge in [0.15, 0.2) is 11.8 Å². The molecule has 0 atom stereocenters. The van der Waals surface area contributed by atoms with E-state index in [4.69, 9.17) is 0 Å². The topological polar surface area (TPSA) is 73.2 Å².